The van der Waals surface area contributed by atoms with E-state index in [0.29, 0.717) is 33.2 Å². The molecule has 1 heterocycles. The van der Waals surface area contributed by atoms with Crippen LogP contribution in [0, 0.1) is 0 Å². The molecule has 0 radical (unpaired) electrons. The third kappa shape index (κ3) is 4.07. The number of ether oxygens (including phenoxy) is 2. The molecule has 0 saturated heterocycles. The maximum absolute atomic E-state index is 12.9. The van der Waals surface area contributed by atoms with Crippen LogP contribution in [-0.4, -0.2) is 35.4 Å². The molecule has 0 aliphatic heterocycles. The number of nitrogens with zero attached hydrogens (tertiary/aromatic N) is 2. The van der Waals surface area contributed by atoms with Gasteiger partial charge in [-0.25, -0.2) is 4.98 Å². The van der Waals surface area contributed by atoms with Gasteiger partial charge >= 0.3 is 0 Å². The molecule has 1 N–H and O–H groups in total. The normalized spacial score (nSPS) is 13.3. The van der Waals surface area contributed by atoms with E-state index >= 15 is 0 Å². The molecule has 0 unspecified atom stereocenters. The maximum Gasteiger partial charge on any atom is 0.262 e. The molecule has 1 amide bonds. The number of benzene rings is 2. The molecule has 2 aromatic carbocycles. The second-order valence-electron chi connectivity index (χ2n) is 6.72. The molecule has 7 nitrogen and oxygen atoms in total. The highest BCUT2D eigenvalue weighted by Gasteiger charge is 2.28. The maximum atomic E-state index is 12.9. The van der Waals surface area contributed by atoms with Gasteiger partial charge in [0.25, 0.3) is 5.56 Å². The van der Waals surface area contributed by atoms with E-state index in [1.165, 1.54) is 11.8 Å². The molecular formula is C21H21N3O4S. The van der Waals surface area contributed by atoms with Crippen LogP contribution in [0.1, 0.15) is 18.9 Å². The summed E-state index contributed by atoms with van der Waals surface area (Å²) in [5, 5.41) is 4.04. The first kappa shape index (κ1) is 19.3. The van der Waals surface area contributed by atoms with E-state index in [4.69, 9.17) is 9.47 Å². The highest BCUT2D eigenvalue weighted by molar-refractivity contribution is 7.99. The van der Waals surface area contributed by atoms with Crippen LogP contribution in [0.3, 0.4) is 0 Å². The number of aromatic nitrogens is 2. The van der Waals surface area contributed by atoms with Gasteiger partial charge in [-0.3, -0.25) is 14.2 Å². The Morgan fingerprint density at radius 3 is 2.66 bits per heavy atom. The largest absolute Gasteiger partial charge is 0.493 e. The number of hydrogen-bond acceptors (Lipinski definition) is 6. The van der Waals surface area contributed by atoms with Crippen molar-refractivity contribution in [2.24, 2.45) is 0 Å². The fourth-order valence-corrected chi connectivity index (χ4v) is 3.99. The number of carbonyl (C=O) groups is 1. The molecule has 4 rings (SSSR count). The highest BCUT2D eigenvalue weighted by Crippen LogP contribution is 2.37. The lowest BCUT2D eigenvalue weighted by Crippen LogP contribution is -2.23. The molecule has 3 aromatic rings. The van der Waals surface area contributed by atoms with Crippen molar-refractivity contribution in [1.29, 1.82) is 0 Å². The van der Waals surface area contributed by atoms with Crippen molar-refractivity contribution in [3.05, 3.63) is 52.8 Å². The van der Waals surface area contributed by atoms with E-state index in [1.54, 1.807) is 43.1 Å². The zero-order chi connectivity index (χ0) is 20.4. The Kier molecular flexibility index (Phi) is 5.44. The number of nitrogens with one attached hydrogen (secondary N) is 1. The van der Waals surface area contributed by atoms with E-state index in [1.807, 2.05) is 18.2 Å². The second kappa shape index (κ2) is 8.16. The summed E-state index contributed by atoms with van der Waals surface area (Å²) in [7, 11) is 3.10. The van der Waals surface area contributed by atoms with E-state index in [9.17, 15) is 9.59 Å². The van der Waals surface area contributed by atoms with Gasteiger partial charge in [0, 0.05) is 17.8 Å². The SMILES string of the molecule is COc1ccc(NC(=O)CSc2nc3ccccc3c(=O)n2C2CC2)cc1OC. The number of anilines is 1. The second-order valence-corrected chi connectivity index (χ2v) is 7.67. The summed E-state index contributed by atoms with van der Waals surface area (Å²) in [6.45, 7) is 0. The van der Waals surface area contributed by atoms with Crippen LogP contribution in [0.25, 0.3) is 10.9 Å². The number of thioether (sulfide) groups is 1. The first-order valence-corrected chi connectivity index (χ1v) is 10.2. The summed E-state index contributed by atoms with van der Waals surface area (Å²) < 4.78 is 12.2. The molecular weight excluding hydrogens is 390 g/mol. The number of carbonyl (C=O) groups excluding carboxylic acids is 1. The summed E-state index contributed by atoms with van der Waals surface area (Å²) in [5.41, 5.74) is 1.22. The molecule has 29 heavy (non-hydrogen) atoms. The number of amides is 1. The number of hydrogen-bond donors (Lipinski definition) is 1. The predicted octanol–water partition coefficient (Wildman–Crippen LogP) is 3.48. The van der Waals surface area contributed by atoms with Crippen LogP contribution in [0.4, 0.5) is 5.69 Å². The van der Waals surface area contributed by atoms with Gasteiger partial charge in [-0.2, -0.15) is 0 Å². The van der Waals surface area contributed by atoms with Crippen molar-refractivity contribution in [2.45, 2.75) is 24.0 Å². The van der Waals surface area contributed by atoms with Gasteiger partial charge in [-0.05, 0) is 37.1 Å². The van der Waals surface area contributed by atoms with Crippen molar-refractivity contribution in [3.63, 3.8) is 0 Å². The molecule has 150 valence electrons. The zero-order valence-corrected chi connectivity index (χ0v) is 17.0. The van der Waals surface area contributed by atoms with Crippen LogP contribution >= 0.6 is 11.8 Å². The lowest BCUT2D eigenvalue weighted by molar-refractivity contribution is -0.113. The number of rotatable bonds is 7. The smallest absolute Gasteiger partial charge is 0.262 e. The fraction of sp³-hybridized carbons (Fsp3) is 0.286. The van der Waals surface area contributed by atoms with Crippen molar-refractivity contribution >= 4 is 34.3 Å². The summed E-state index contributed by atoms with van der Waals surface area (Å²) in [5.74, 6) is 1.09. The van der Waals surface area contributed by atoms with Gasteiger partial charge in [0.1, 0.15) is 0 Å². The van der Waals surface area contributed by atoms with Crippen molar-refractivity contribution in [1.82, 2.24) is 9.55 Å². The average molecular weight is 411 g/mol. The van der Waals surface area contributed by atoms with Gasteiger partial charge in [0.2, 0.25) is 5.91 Å². The Hall–Kier alpha value is -3.00. The van der Waals surface area contributed by atoms with Gasteiger partial charge in [-0.1, -0.05) is 23.9 Å². The molecule has 8 heteroatoms. The quantitative estimate of drug-likeness (QED) is 0.473. The highest BCUT2D eigenvalue weighted by atomic mass is 32.2. The summed E-state index contributed by atoms with van der Waals surface area (Å²) in [4.78, 5) is 30.0. The topological polar surface area (TPSA) is 82.5 Å². The summed E-state index contributed by atoms with van der Waals surface area (Å²) in [6.07, 6.45) is 1.93. The van der Waals surface area contributed by atoms with Gasteiger partial charge in [0.05, 0.1) is 30.9 Å². The third-order valence-electron chi connectivity index (χ3n) is 4.69. The Labute approximate surface area is 172 Å². The first-order chi connectivity index (χ1) is 14.1. The lowest BCUT2D eigenvalue weighted by Gasteiger charge is -2.13. The minimum absolute atomic E-state index is 0.0408. The lowest BCUT2D eigenvalue weighted by atomic mass is 10.2. The van der Waals surface area contributed by atoms with Gasteiger partial charge in [-0.15, -0.1) is 0 Å². The predicted molar refractivity (Wildman–Crippen MR) is 113 cm³/mol. The molecule has 0 atom stereocenters. The van der Waals surface area contributed by atoms with Crippen LogP contribution in [-0.2, 0) is 4.79 Å². The standard InChI is InChI=1S/C21H21N3O4S/c1-27-17-10-7-13(11-18(17)28-2)22-19(25)12-29-21-23-16-6-4-3-5-15(16)20(26)24(21)14-8-9-14/h3-7,10-11,14H,8-9,12H2,1-2H3,(H,22,25). The minimum atomic E-state index is -0.188. The molecule has 1 aliphatic rings. The fourth-order valence-electron chi connectivity index (χ4n) is 3.12. The summed E-state index contributed by atoms with van der Waals surface area (Å²) >= 11 is 1.27. The number of fused-ring (bicyclic) bond motifs is 1. The number of methoxy groups -OCH3 is 2. The molecule has 1 saturated carbocycles. The van der Waals surface area contributed by atoms with E-state index in [0.717, 1.165) is 12.8 Å². The molecule has 0 bridgehead atoms. The van der Waals surface area contributed by atoms with Gasteiger partial charge in [0.15, 0.2) is 16.7 Å². The Bertz CT molecular complexity index is 1120. The minimum Gasteiger partial charge on any atom is -0.493 e. The van der Waals surface area contributed by atoms with Crippen LogP contribution < -0.4 is 20.3 Å². The van der Waals surface area contributed by atoms with E-state index < -0.39 is 0 Å². The molecule has 1 aliphatic carbocycles. The Morgan fingerprint density at radius 1 is 1.17 bits per heavy atom. The Morgan fingerprint density at radius 2 is 1.93 bits per heavy atom. The molecule has 1 fully saturated rings. The van der Waals surface area contributed by atoms with Crippen LogP contribution in [0.2, 0.25) is 0 Å². The summed E-state index contributed by atoms with van der Waals surface area (Å²) in [6, 6.07) is 12.7. The van der Waals surface area contributed by atoms with Gasteiger partial charge < -0.3 is 14.8 Å². The van der Waals surface area contributed by atoms with Crippen molar-refractivity contribution in [3.8, 4) is 11.5 Å². The van der Waals surface area contributed by atoms with E-state index in [2.05, 4.69) is 10.3 Å². The van der Waals surface area contributed by atoms with Crippen molar-refractivity contribution in [2.75, 3.05) is 25.3 Å². The third-order valence-corrected chi connectivity index (χ3v) is 5.64. The average Bonchev–Trinajstić information content (AvgIpc) is 3.57. The molecule has 1 aromatic heterocycles. The monoisotopic (exact) mass is 411 g/mol. The van der Waals surface area contributed by atoms with Crippen LogP contribution in [0.15, 0.2) is 52.4 Å². The van der Waals surface area contributed by atoms with E-state index in [-0.39, 0.29) is 23.3 Å². The van der Waals surface area contributed by atoms with Crippen molar-refractivity contribution < 1.29 is 14.3 Å². The Balaban J connectivity index is 1.52. The molecule has 0 spiro atoms. The zero-order valence-electron chi connectivity index (χ0n) is 16.2. The first-order valence-electron chi connectivity index (χ1n) is 9.26. The van der Waals surface area contributed by atoms with Crippen LogP contribution in [0.5, 0.6) is 11.5 Å². The number of para-hydroxylation sites is 1.